The van der Waals surface area contributed by atoms with E-state index in [-0.39, 0.29) is 16.7 Å². The molecule has 2 heterocycles. The van der Waals surface area contributed by atoms with Crippen LogP contribution in [0.4, 0.5) is 0 Å². The molecule has 0 bridgehead atoms. The number of ether oxygens (including phenoxy) is 1. The largest absolute Gasteiger partial charge is 0.369 e. The first kappa shape index (κ1) is 13.4. The van der Waals surface area contributed by atoms with E-state index in [0.717, 1.165) is 0 Å². The summed E-state index contributed by atoms with van der Waals surface area (Å²) in [6, 6.07) is 0. The van der Waals surface area contributed by atoms with Crippen LogP contribution in [0, 0.1) is 5.92 Å². The van der Waals surface area contributed by atoms with Gasteiger partial charge in [0.05, 0.1) is 11.2 Å². The fourth-order valence-electron chi connectivity index (χ4n) is 4.11. The zero-order chi connectivity index (χ0) is 12.7. The fraction of sp³-hybridized carbons (Fsp3) is 1.00. The summed E-state index contributed by atoms with van der Waals surface area (Å²) in [6.45, 7) is 12.6. The van der Waals surface area contributed by atoms with Gasteiger partial charge in [-0.05, 0) is 60.4 Å². The van der Waals surface area contributed by atoms with Crippen LogP contribution in [0.1, 0.15) is 66.7 Å². The van der Waals surface area contributed by atoms with Gasteiger partial charge in [0.15, 0.2) is 0 Å². The lowest BCUT2D eigenvalue weighted by atomic mass is 9.71. The first-order valence-electron chi connectivity index (χ1n) is 7.20. The van der Waals surface area contributed by atoms with Crippen LogP contribution in [0.2, 0.25) is 0 Å². The van der Waals surface area contributed by atoms with Gasteiger partial charge in [0.2, 0.25) is 0 Å². The topological polar surface area (TPSA) is 21.3 Å². The number of nitrogens with one attached hydrogen (secondary N) is 1. The van der Waals surface area contributed by atoms with Gasteiger partial charge in [0.25, 0.3) is 0 Å². The van der Waals surface area contributed by atoms with Gasteiger partial charge >= 0.3 is 0 Å². The van der Waals surface area contributed by atoms with E-state index in [1.807, 2.05) is 0 Å². The maximum Gasteiger partial charge on any atom is 0.0680 e. The molecule has 2 saturated heterocycles. The van der Waals surface area contributed by atoms with Crippen LogP contribution in [0.5, 0.6) is 0 Å². The van der Waals surface area contributed by atoms with Crippen molar-refractivity contribution in [2.75, 3.05) is 6.54 Å². The molecule has 2 fully saturated rings. The molecule has 17 heavy (non-hydrogen) atoms. The average molecular weight is 239 g/mol. The van der Waals surface area contributed by atoms with E-state index < -0.39 is 0 Å². The van der Waals surface area contributed by atoms with E-state index in [0.29, 0.717) is 5.92 Å². The Morgan fingerprint density at radius 3 is 2.29 bits per heavy atom. The summed E-state index contributed by atoms with van der Waals surface area (Å²) in [5.41, 5.74) is 0.286. The molecule has 2 nitrogen and oxygen atoms in total. The normalized spacial score (nSPS) is 41.1. The van der Waals surface area contributed by atoms with Crippen LogP contribution < -0.4 is 5.32 Å². The molecule has 2 rings (SSSR count). The molecule has 0 aromatic carbocycles. The van der Waals surface area contributed by atoms with Crippen molar-refractivity contribution in [3.63, 3.8) is 0 Å². The fourth-order valence-corrected chi connectivity index (χ4v) is 4.11. The second-order valence-corrected chi connectivity index (χ2v) is 7.38. The van der Waals surface area contributed by atoms with Gasteiger partial charge in [-0.25, -0.2) is 0 Å². The van der Waals surface area contributed by atoms with Crippen LogP contribution in [0.25, 0.3) is 0 Å². The van der Waals surface area contributed by atoms with E-state index in [1.165, 1.54) is 38.6 Å². The van der Waals surface area contributed by atoms with Crippen LogP contribution in [-0.4, -0.2) is 23.3 Å². The van der Waals surface area contributed by atoms with Crippen molar-refractivity contribution < 1.29 is 4.74 Å². The Kier molecular flexibility index (Phi) is 3.33. The molecule has 2 atom stereocenters. The molecular formula is C15H29NO. The SMILES string of the molecule is CC1(C)CC(C2(C)CCCCCN2)C(C)(C)O1. The third-order valence-corrected chi connectivity index (χ3v) is 4.75. The Balaban J connectivity index is 2.20. The highest BCUT2D eigenvalue weighted by molar-refractivity contribution is 5.06. The molecule has 2 heteroatoms. The minimum Gasteiger partial charge on any atom is -0.369 e. The molecule has 0 aromatic rings. The summed E-state index contributed by atoms with van der Waals surface area (Å²) in [5.74, 6) is 0.614. The first-order chi connectivity index (χ1) is 7.75. The second-order valence-electron chi connectivity index (χ2n) is 7.38. The average Bonchev–Trinajstić information content (AvgIpc) is 2.37. The number of rotatable bonds is 1. The van der Waals surface area contributed by atoms with E-state index in [4.69, 9.17) is 4.74 Å². The number of hydrogen-bond donors (Lipinski definition) is 1. The highest BCUT2D eigenvalue weighted by Gasteiger charge is 2.53. The molecule has 0 aromatic heterocycles. The summed E-state index contributed by atoms with van der Waals surface area (Å²) in [7, 11) is 0. The summed E-state index contributed by atoms with van der Waals surface area (Å²) in [6.07, 6.45) is 6.52. The third kappa shape index (κ3) is 2.68. The van der Waals surface area contributed by atoms with Crippen LogP contribution >= 0.6 is 0 Å². The lowest BCUT2D eigenvalue weighted by Gasteiger charge is -2.41. The Bertz CT molecular complexity index is 275. The molecule has 2 aliphatic rings. The van der Waals surface area contributed by atoms with Gasteiger partial charge < -0.3 is 10.1 Å². The lowest BCUT2D eigenvalue weighted by molar-refractivity contribution is -0.0834. The minimum atomic E-state index is -0.00438. The molecule has 1 N–H and O–H groups in total. The van der Waals surface area contributed by atoms with Crippen LogP contribution in [-0.2, 0) is 4.74 Å². The molecular weight excluding hydrogens is 210 g/mol. The Hall–Kier alpha value is -0.0800. The van der Waals surface area contributed by atoms with Crippen molar-refractivity contribution in [3.8, 4) is 0 Å². The maximum absolute atomic E-state index is 6.27. The summed E-state index contributed by atoms with van der Waals surface area (Å²) in [4.78, 5) is 0. The maximum atomic E-state index is 6.27. The Labute approximate surface area is 107 Å². The van der Waals surface area contributed by atoms with Crippen molar-refractivity contribution in [2.45, 2.75) is 83.5 Å². The van der Waals surface area contributed by atoms with E-state index >= 15 is 0 Å². The van der Waals surface area contributed by atoms with Crippen molar-refractivity contribution in [1.29, 1.82) is 0 Å². The number of hydrogen-bond acceptors (Lipinski definition) is 2. The zero-order valence-corrected chi connectivity index (χ0v) is 12.2. The van der Waals surface area contributed by atoms with Crippen molar-refractivity contribution >= 4 is 0 Å². The summed E-state index contributed by atoms with van der Waals surface area (Å²) < 4.78 is 6.27. The molecule has 0 spiro atoms. The molecule has 0 saturated carbocycles. The van der Waals surface area contributed by atoms with Gasteiger partial charge in [0, 0.05) is 11.5 Å². The molecule has 100 valence electrons. The summed E-state index contributed by atoms with van der Waals surface area (Å²) in [5, 5.41) is 3.81. The van der Waals surface area contributed by atoms with E-state index in [2.05, 4.69) is 39.9 Å². The molecule has 0 aliphatic carbocycles. The quantitative estimate of drug-likeness (QED) is 0.756. The smallest absolute Gasteiger partial charge is 0.0680 e. The predicted molar refractivity (Wildman–Crippen MR) is 72.2 cm³/mol. The van der Waals surface area contributed by atoms with Crippen molar-refractivity contribution in [2.24, 2.45) is 5.92 Å². The van der Waals surface area contributed by atoms with Crippen molar-refractivity contribution in [3.05, 3.63) is 0 Å². The second kappa shape index (κ2) is 4.24. The molecule has 2 unspecified atom stereocenters. The lowest BCUT2D eigenvalue weighted by Crippen LogP contribution is -2.53. The Morgan fingerprint density at radius 1 is 1.00 bits per heavy atom. The van der Waals surface area contributed by atoms with Crippen LogP contribution in [0.3, 0.4) is 0 Å². The molecule has 0 amide bonds. The van der Waals surface area contributed by atoms with E-state index in [9.17, 15) is 0 Å². The van der Waals surface area contributed by atoms with Gasteiger partial charge in [-0.3, -0.25) is 0 Å². The van der Waals surface area contributed by atoms with Crippen molar-refractivity contribution in [1.82, 2.24) is 5.32 Å². The standard InChI is InChI=1S/C15H29NO/c1-13(2)11-12(14(3,4)17-13)15(5)9-7-6-8-10-16-15/h12,16H,6-11H2,1-5H3. The first-order valence-corrected chi connectivity index (χ1v) is 7.20. The van der Waals surface area contributed by atoms with Gasteiger partial charge in [-0.2, -0.15) is 0 Å². The highest BCUT2D eigenvalue weighted by Crippen LogP contribution is 2.48. The predicted octanol–water partition coefficient (Wildman–Crippen LogP) is 3.50. The zero-order valence-electron chi connectivity index (χ0n) is 12.2. The third-order valence-electron chi connectivity index (χ3n) is 4.75. The van der Waals surface area contributed by atoms with Crippen LogP contribution in [0.15, 0.2) is 0 Å². The molecule has 2 aliphatic heterocycles. The van der Waals surface area contributed by atoms with Gasteiger partial charge in [0.1, 0.15) is 0 Å². The van der Waals surface area contributed by atoms with Gasteiger partial charge in [-0.1, -0.05) is 12.8 Å². The monoisotopic (exact) mass is 239 g/mol. The summed E-state index contributed by atoms with van der Waals surface area (Å²) >= 11 is 0. The van der Waals surface area contributed by atoms with Gasteiger partial charge in [-0.15, -0.1) is 0 Å². The Morgan fingerprint density at radius 2 is 1.71 bits per heavy atom. The molecule has 0 radical (unpaired) electrons. The minimum absolute atomic E-state index is 0.00438. The van der Waals surface area contributed by atoms with E-state index in [1.54, 1.807) is 0 Å². The highest BCUT2D eigenvalue weighted by atomic mass is 16.5.